The Balaban J connectivity index is 1.97. The molecule has 2 aromatic carbocycles. The zero-order valence-corrected chi connectivity index (χ0v) is 12.8. The molecule has 0 aliphatic carbocycles. The van der Waals surface area contributed by atoms with Gasteiger partial charge in [-0.1, -0.05) is 29.8 Å². The summed E-state index contributed by atoms with van der Waals surface area (Å²) in [5.74, 6) is 0. The number of nitrogens with zero attached hydrogens (tertiary/aromatic N) is 3. The van der Waals surface area contributed by atoms with E-state index in [4.69, 9.17) is 11.6 Å². The van der Waals surface area contributed by atoms with E-state index in [1.807, 2.05) is 0 Å². The molecule has 0 radical (unpaired) electrons. The zero-order chi connectivity index (χ0) is 17.1. The molecule has 1 aromatic heterocycles. The third-order valence-corrected chi connectivity index (χ3v) is 3.44. The van der Waals surface area contributed by atoms with Crippen molar-refractivity contribution in [1.82, 2.24) is 10.2 Å². The van der Waals surface area contributed by atoms with Crippen molar-refractivity contribution in [3.63, 3.8) is 0 Å². The van der Waals surface area contributed by atoms with Crippen molar-refractivity contribution in [3.8, 4) is 11.3 Å². The Morgan fingerprint density at radius 1 is 1.04 bits per heavy atom. The molecular weight excluding hydrogens is 334 g/mol. The molecule has 3 aromatic rings. The van der Waals surface area contributed by atoms with Crippen LogP contribution in [-0.4, -0.2) is 15.1 Å². The minimum Gasteiger partial charge on any atom is -0.295 e. The largest absolute Gasteiger partial charge is 0.295 e. The van der Waals surface area contributed by atoms with Crippen molar-refractivity contribution in [2.75, 3.05) is 0 Å². The number of nitro benzene ring substituents is 1. The van der Waals surface area contributed by atoms with Gasteiger partial charge in [0, 0.05) is 22.7 Å². The molecule has 0 unspecified atom stereocenters. The maximum absolute atomic E-state index is 11.9. The lowest BCUT2D eigenvalue weighted by Gasteiger charge is -1.99. The summed E-state index contributed by atoms with van der Waals surface area (Å²) >= 11 is 5.85. The molecule has 9 heteroatoms. The molecule has 0 amide bonds. The third-order valence-electron chi connectivity index (χ3n) is 3.19. The van der Waals surface area contributed by atoms with Gasteiger partial charge in [0.1, 0.15) is 0 Å². The number of nitro groups is 1. The number of aromatic nitrogens is 2. The minimum atomic E-state index is -0.527. The standard InChI is InChI=1S/C15H10ClN5O3/c16-10-6-4-9(5-7-10)13-14(15(22)20-18-13)19-17-11-2-1-3-12(8-11)21(23)24/h1-8H,(H2,18,20,22). The predicted molar refractivity (Wildman–Crippen MR) is 89.1 cm³/mol. The van der Waals surface area contributed by atoms with Crippen LogP contribution in [-0.2, 0) is 0 Å². The lowest BCUT2D eigenvalue weighted by atomic mass is 10.1. The second-order valence-electron chi connectivity index (χ2n) is 4.79. The molecule has 3 rings (SSSR count). The van der Waals surface area contributed by atoms with Crippen molar-refractivity contribution < 1.29 is 4.92 Å². The van der Waals surface area contributed by atoms with Crippen LogP contribution in [0.3, 0.4) is 0 Å². The van der Waals surface area contributed by atoms with Gasteiger partial charge in [-0.05, 0) is 18.2 Å². The molecule has 0 spiro atoms. The maximum Gasteiger partial charge on any atom is 0.292 e. The fraction of sp³-hybridized carbons (Fsp3) is 0. The molecule has 0 aliphatic rings. The number of H-pyrrole nitrogens is 2. The van der Waals surface area contributed by atoms with Gasteiger partial charge in [0.15, 0.2) is 5.69 Å². The highest BCUT2D eigenvalue weighted by molar-refractivity contribution is 6.30. The Morgan fingerprint density at radius 2 is 1.79 bits per heavy atom. The number of hydrogen-bond donors (Lipinski definition) is 2. The summed E-state index contributed by atoms with van der Waals surface area (Å²) in [7, 11) is 0. The van der Waals surface area contributed by atoms with Crippen LogP contribution in [0, 0.1) is 10.1 Å². The number of rotatable bonds is 4. The van der Waals surface area contributed by atoms with Gasteiger partial charge in [-0.2, -0.15) is 5.11 Å². The Morgan fingerprint density at radius 3 is 2.50 bits per heavy atom. The first-order chi connectivity index (χ1) is 11.5. The van der Waals surface area contributed by atoms with Gasteiger partial charge >= 0.3 is 0 Å². The van der Waals surface area contributed by atoms with E-state index >= 15 is 0 Å². The minimum absolute atomic E-state index is 0.0730. The fourth-order valence-corrected chi connectivity index (χ4v) is 2.17. The Labute approximate surface area is 140 Å². The van der Waals surface area contributed by atoms with Gasteiger partial charge in [-0.25, -0.2) is 0 Å². The molecule has 0 fully saturated rings. The van der Waals surface area contributed by atoms with Gasteiger partial charge in [-0.3, -0.25) is 25.1 Å². The Hall–Kier alpha value is -3.26. The summed E-state index contributed by atoms with van der Waals surface area (Å²) in [5, 5.41) is 24.3. The number of non-ortho nitro benzene ring substituents is 1. The molecule has 2 N–H and O–H groups in total. The topological polar surface area (TPSA) is 117 Å². The summed E-state index contributed by atoms with van der Waals surface area (Å²) in [6, 6.07) is 12.5. The van der Waals surface area contributed by atoms with Crippen molar-refractivity contribution in [3.05, 3.63) is 74.0 Å². The second kappa shape index (κ2) is 6.47. The summed E-state index contributed by atoms with van der Waals surface area (Å²) in [4.78, 5) is 22.1. The fourth-order valence-electron chi connectivity index (χ4n) is 2.05. The van der Waals surface area contributed by atoms with Gasteiger partial charge in [0.05, 0.1) is 16.3 Å². The Bertz CT molecular complexity index is 975. The molecule has 1 heterocycles. The predicted octanol–water partition coefficient (Wildman–Crippen LogP) is 4.35. The van der Waals surface area contributed by atoms with Crippen molar-refractivity contribution >= 4 is 28.7 Å². The SMILES string of the molecule is O=c1[nH][nH]c(-c2ccc(Cl)cc2)c1N=Nc1cccc([N+](=O)[O-])c1. The van der Waals surface area contributed by atoms with Crippen LogP contribution < -0.4 is 5.56 Å². The van der Waals surface area contributed by atoms with E-state index in [-0.39, 0.29) is 17.1 Å². The average Bonchev–Trinajstić information content (AvgIpc) is 2.95. The van der Waals surface area contributed by atoms with Gasteiger partial charge in [0.2, 0.25) is 0 Å². The lowest BCUT2D eigenvalue weighted by molar-refractivity contribution is -0.384. The number of azo groups is 1. The van der Waals surface area contributed by atoms with Crippen LogP contribution in [0.15, 0.2) is 63.6 Å². The molecule has 120 valence electrons. The number of halogens is 1. The average molecular weight is 344 g/mol. The zero-order valence-electron chi connectivity index (χ0n) is 12.1. The molecule has 24 heavy (non-hydrogen) atoms. The quantitative estimate of drug-likeness (QED) is 0.416. The van der Waals surface area contributed by atoms with Crippen LogP contribution in [0.2, 0.25) is 5.02 Å². The third kappa shape index (κ3) is 3.23. The summed E-state index contributed by atoms with van der Waals surface area (Å²) in [6.07, 6.45) is 0. The summed E-state index contributed by atoms with van der Waals surface area (Å²) in [5.41, 5.74) is 0.939. The molecule has 0 saturated heterocycles. The summed E-state index contributed by atoms with van der Waals surface area (Å²) in [6.45, 7) is 0. The highest BCUT2D eigenvalue weighted by Crippen LogP contribution is 2.28. The normalized spacial score (nSPS) is 11.0. The summed E-state index contributed by atoms with van der Waals surface area (Å²) < 4.78 is 0. The highest BCUT2D eigenvalue weighted by atomic mass is 35.5. The van der Waals surface area contributed by atoms with E-state index in [1.54, 1.807) is 30.3 Å². The molecule has 0 saturated carbocycles. The van der Waals surface area contributed by atoms with Crippen LogP contribution in [0.5, 0.6) is 0 Å². The lowest BCUT2D eigenvalue weighted by Crippen LogP contribution is -1.96. The van der Waals surface area contributed by atoms with Crippen molar-refractivity contribution in [2.45, 2.75) is 0 Å². The van der Waals surface area contributed by atoms with Gasteiger partial charge in [0.25, 0.3) is 11.2 Å². The van der Waals surface area contributed by atoms with Crippen molar-refractivity contribution in [2.24, 2.45) is 10.2 Å². The molecule has 8 nitrogen and oxygen atoms in total. The monoisotopic (exact) mass is 343 g/mol. The van der Waals surface area contributed by atoms with Crippen LogP contribution in [0.1, 0.15) is 0 Å². The number of aromatic amines is 2. The first-order valence-corrected chi connectivity index (χ1v) is 7.15. The van der Waals surface area contributed by atoms with E-state index in [9.17, 15) is 14.9 Å². The van der Waals surface area contributed by atoms with Crippen LogP contribution >= 0.6 is 11.6 Å². The van der Waals surface area contributed by atoms with Crippen molar-refractivity contribution in [1.29, 1.82) is 0 Å². The highest BCUT2D eigenvalue weighted by Gasteiger charge is 2.12. The van der Waals surface area contributed by atoms with Crippen LogP contribution in [0.4, 0.5) is 17.1 Å². The van der Waals surface area contributed by atoms with Crippen LogP contribution in [0.25, 0.3) is 11.3 Å². The Kier molecular flexibility index (Phi) is 4.21. The van der Waals surface area contributed by atoms with E-state index in [0.29, 0.717) is 16.3 Å². The van der Waals surface area contributed by atoms with E-state index in [1.165, 1.54) is 18.2 Å². The molecule has 0 bridgehead atoms. The number of benzene rings is 2. The first kappa shape index (κ1) is 15.6. The van der Waals surface area contributed by atoms with Gasteiger partial charge in [-0.15, -0.1) is 5.11 Å². The number of hydrogen-bond acceptors (Lipinski definition) is 5. The number of nitrogens with one attached hydrogen (secondary N) is 2. The van der Waals surface area contributed by atoms with E-state index in [2.05, 4.69) is 20.4 Å². The molecule has 0 atom stereocenters. The molecular formula is C15H10ClN5O3. The molecule has 0 aliphatic heterocycles. The van der Waals surface area contributed by atoms with E-state index < -0.39 is 10.5 Å². The smallest absolute Gasteiger partial charge is 0.292 e. The van der Waals surface area contributed by atoms with E-state index in [0.717, 1.165) is 0 Å². The second-order valence-corrected chi connectivity index (χ2v) is 5.22. The maximum atomic E-state index is 11.9. The van der Waals surface area contributed by atoms with Gasteiger partial charge < -0.3 is 0 Å². The first-order valence-electron chi connectivity index (χ1n) is 6.77.